The fourth-order valence-electron chi connectivity index (χ4n) is 5.69. The first kappa shape index (κ1) is 22.0. The Hall–Kier alpha value is -3.47. The molecule has 3 aliphatic heterocycles. The summed E-state index contributed by atoms with van der Waals surface area (Å²) < 4.78 is 5.96. The minimum Gasteiger partial charge on any atom is -0.433 e. The molecular formula is C30H33N3O2. The average molecular weight is 468 g/mol. The van der Waals surface area contributed by atoms with Gasteiger partial charge in [0.25, 0.3) is 0 Å². The van der Waals surface area contributed by atoms with Crippen LogP contribution in [0.2, 0.25) is 0 Å². The van der Waals surface area contributed by atoms with Crippen molar-refractivity contribution in [3.63, 3.8) is 0 Å². The van der Waals surface area contributed by atoms with Crippen molar-refractivity contribution >= 4 is 28.7 Å². The summed E-state index contributed by atoms with van der Waals surface area (Å²) in [5.41, 5.74) is 6.13. The van der Waals surface area contributed by atoms with E-state index >= 15 is 0 Å². The van der Waals surface area contributed by atoms with Crippen molar-refractivity contribution in [1.82, 2.24) is 0 Å². The summed E-state index contributed by atoms with van der Waals surface area (Å²) in [5.74, 6) is -0.259. The van der Waals surface area contributed by atoms with Crippen LogP contribution in [0.1, 0.15) is 60.7 Å². The van der Waals surface area contributed by atoms with E-state index in [1.165, 1.54) is 49.9 Å². The highest BCUT2D eigenvalue weighted by molar-refractivity contribution is 5.95. The lowest BCUT2D eigenvalue weighted by molar-refractivity contribution is 0.0399. The third kappa shape index (κ3) is 4.36. The Labute approximate surface area is 207 Å². The molecule has 2 fully saturated rings. The number of nitrogens with zero attached hydrogens (tertiary/aromatic N) is 3. The molecule has 0 aliphatic carbocycles. The molecule has 6 rings (SSSR count). The molecule has 0 saturated carbocycles. The van der Waals surface area contributed by atoms with Gasteiger partial charge in [0.15, 0.2) is 0 Å². The normalized spacial score (nSPS) is 19.9. The standard InChI is InChI=1S/C30H33N3O2/c34-30-28-10-4-3-9-27(28)29(35-30)33(25-15-11-23(12-16-25)31-19-5-1-6-20-31)26-17-13-24(14-18-26)32-21-7-2-8-22-32/h3-4,9-18,29H,1-2,5-8,19-22H2. The smallest absolute Gasteiger partial charge is 0.340 e. The number of hydrogen-bond acceptors (Lipinski definition) is 5. The molecule has 2 saturated heterocycles. The highest BCUT2D eigenvalue weighted by Crippen LogP contribution is 2.42. The number of fused-ring (bicyclic) bond motifs is 1. The lowest BCUT2D eigenvalue weighted by atomic mass is 10.1. The largest absolute Gasteiger partial charge is 0.433 e. The van der Waals surface area contributed by atoms with E-state index in [4.69, 9.17) is 4.74 Å². The monoisotopic (exact) mass is 467 g/mol. The van der Waals surface area contributed by atoms with Crippen LogP contribution in [0.4, 0.5) is 22.7 Å². The first-order valence-electron chi connectivity index (χ1n) is 13.1. The van der Waals surface area contributed by atoms with Crippen molar-refractivity contribution in [2.24, 2.45) is 0 Å². The van der Waals surface area contributed by atoms with Crippen LogP contribution in [0, 0.1) is 0 Å². The minimum atomic E-state index is -0.486. The Morgan fingerprint density at radius 2 is 1.11 bits per heavy atom. The third-order valence-electron chi connectivity index (χ3n) is 7.60. The van der Waals surface area contributed by atoms with E-state index in [-0.39, 0.29) is 5.97 Å². The fourth-order valence-corrected chi connectivity index (χ4v) is 5.69. The van der Waals surface area contributed by atoms with E-state index in [0.717, 1.165) is 43.1 Å². The molecule has 3 heterocycles. The topological polar surface area (TPSA) is 36.0 Å². The first-order valence-corrected chi connectivity index (χ1v) is 13.1. The van der Waals surface area contributed by atoms with Crippen molar-refractivity contribution in [1.29, 1.82) is 0 Å². The molecule has 0 N–H and O–H groups in total. The van der Waals surface area contributed by atoms with Gasteiger partial charge in [0, 0.05) is 54.5 Å². The van der Waals surface area contributed by atoms with Gasteiger partial charge in [-0.15, -0.1) is 0 Å². The number of piperidine rings is 2. The highest BCUT2D eigenvalue weighted by Gasteiger charge is 2.36. The van der Waals surface area contributed by atoms with Crippen LogP contribution >= 0.6 is 0 Å². The first-order chi connectivity index (χ1) is 17.3. The summed E-state index contributed by atoms with van der Waals surface area (Å²) >= 11 is 0. The molecule has 5 heteroatoms. The summed E-state index contributed by atoms with van der Waals surface area (Å²) in [6.45, 7) is 4.48. The van der Waals surface area contributed by atoms with Crippen molar-refractivity contribution in [2.45, 2.75) is 44.8 Å². The molecule has 1 unspecified atom stereocenters. The zero-order chi connectivity index (χ0) is 23.6. The number of carbonyl (C=O) groups excluding carboxylic acids is 1. The summed E-state index contributed by atoms with van der Waals surface area (Å²) in [6, 6.07) is 25.2. The molecule has 0 spiro atoms. The summed E-state index contributed by atoms with van der Waals surface area (Å²) in [4.78, 5) is 19.8. The van der Waals surface area contributed by atoms with E-state index in [9.17, 15) is 4.79 Å². The Morgan fingerprint density at radius 1 is 0.629 bits per heavy atom. The quantitative estimate of drug-likeness (QED) is 0.392. The number of ether oxygens (including phenoxy) is 1. The van der Waals surface area contributed by atoms with Crippen LogP contribution in [-0.4, -0.2) is 32.1 Å². The van der Waals surface area contributed by atoms with Gasteiger partial charge >= 0.3 is 5.97 Å². The van der Waals surface area contributed by atoms with Crippen LogP contribution in [0.15, 0.2) is 72.8 Å². The number of hydrogen-bond donors (Lipinski definition) is 0. The summed E-state index contributed by atoms with van der Waals surface area (Å²) in [6.07, 6.45) is 7.18. The van der Waals surface area contributed by atoms with Crippen LogP contribution in [-0.2, 0) is 4.74 Å². The lowest BCUT2D eigenvalue weighted by Crippen LogP contribution is -2.29. The average Bonchev–Trinajstić information content (AvgIpc) is 3.27. The number of benzene rings is 3. The second-order valence-electron chi connectivity index (χ2n) is 9.84. The minimum absolute atomic E-state index is 0.259. The molecule has 5 nitrogen and oxygen atoms in total. The van der Waals surface area contributed by atoms with Gasteiger partial charge in [0.2, 0.25) is 6.23 Å². The maximum atomic E-state index is 12.7. The third-order valence-corrected chi connectivity index (χ3v) is 7.60. The van der Waals surface area contributed by atoms with Crippen molar-refractivity contribution < 1.29 is 9.53 Å². The van der Waals surface area contributed by atoms with E-state index in [1.807, 2.05) is 24.3 Å². The van der Waals surface area contributed by atoms with Gasteiger partial charge in [-0.2, -0.15) is 0 Å². The Balaban J connectivity index is 1.35. The Morgan fingerprint density at radius 3 is 1.63 bits per heavy atom. The number of carbonyl (C=O) groups is 1. The van der Waals surface area contributed by atoms with Crippen LogP contribution < -0.4 is 14.7 Å². The maximum Gasteiger partial charge on any atom is 0.340 e. The van der Waals surface area contributed by atoms with E-state index in [2.05, 4.69) is 63.2 Å². The Kier molecular flexibility index (Phi) is 6.07. The molecule has 3 aromatic rings. The molecule has 1 atom stereocenters. The van der Waals surface area contributed by atoms with E-state index in [0.29, 0.717) is 5.56 Å². The molecule has 35 heavy (non-hydrogen) atoms. The zero-order valence-corrected chi connectivity index (χ0v) is 20.2. The molecule has 0 aromatic heterocycles. The van der Waals surface area contributed by atoms with Gasteiger partial charge in [-0.05, 0) is 93.1 Å². The molecule has 0 bridgehead atoms. The summed E-state index contributed by atoms with van der Waals surface area (Å²) in [5, 5.41) is 0. The predicted molar refractivity (Wildman–Crippen MR) is 142 cm³/mol. The Bertz CT molecular complexity index is 1100. The second kappa shape index (κ2) is 9.65. The van der Waals surface area contributed by atoms with E-state index < -0.39 is 6.23 Å². The van der Waals surface area contributed by atoms with Crippen molar-refractivity contribution in [3.8, 4) is 0 Å². The van der Waals surface area contributed by atoms with E-state index in [1.54, 1.807) is 0 Å². The van der Waals surface area contributed by atoms with Gasteiger partial charge in [0.05, 0.1) is 5.56 Å². The van der Waals surface area contributed by atoms with Gasteiger partial charge in [-0.1, -0.05) is 18.2 Å². The van der Waals surface area contributed by atoms with Crippen LogP contribution in [0.5, 0.6) is 0 Å². The fraction of sp³-hybridized carbons (Fsp3) is 0.367. The van der Waals surface area contributed by atoms with Gasteiger partial charge < -0.3 is 19.4 Å². The zero-order valence-electron chi connectivity index (χ0n) is 20.2. The predicted octanol–water partition coefficient (Wildman–Crippen LogP) is 6.67. The van der Waals surface area contributed by atoms with Gasteiger partial charge in [-0.25, -0.2) is 4.79 Å². The van der Waals surface area contributed by atoms with Crippen LogP contribution in [0.25, 0.3) is 0 Å². The van der Waals surface area contributed by atoms with Crippen LogP contribution in [0.3, 0.4) is 0 Å². The molecule has 0 radical (unpaired) electrons. The molecular weight excluding hydrogens is 434 g/mol. The highest BCUT2D eigenvalue weighted by atomic mass is 16.6. The number of cyclic esters (lactones) is 1. The lowest BCUT2D eigenvalue weighted by Gasteiger charge is -2.33. The molecule has 3 aromatic carbocycles. The number of anilines is 4. The van der Waals surface area contributed by atoms with Crippen molar-refractivity contribution in [3.05, 3.63) is 83.9 Å². The van der Waals surface area contributed by atoms with Gasteiger partial charge in [0.1, 0.15) is 0 Å². The van der Waals surface area contributed by atoms with Crippen molar-refractivity contribution in [2.75, 3.05) is 40.9 Å². The summed E-state index contributed by atoms with van der Waals surface area (Å²) in [7, 11) is 0. The molecule has 0 amide bonds. The van der Waals surface area contributed by atoms with Gasteiger partial charge in [-0.3, -0.25) is 0 Å². The second-order valence-corrected chi connectivity index (χ2v) is 9.84. The maximum absolute atomic E-state index is 12.7. The molecule has 3 aliphatic rings. The SMILES string of the molecule is O=C1OC(N(c2ccc(N3CCCCC3)cc2)c2ccc(N3CCCCC3)cc2)c2ccccc21. The number of rotatable bonds is 5. The molecule has 180 valence electrons. The number of esters is 1.